The molecule has 0 bridgehead atoms. The van der Waals surface area contributed by atoms with E-state index in [4.69, 9.17) is 5.11 Å². The molecule has 4 aromatic rings. The average Bonchev–Trinajstić information content (AvgIpc) is 2.77. The maximum Gasteiger partial charge on any atom is 0.150 e. The van der Waals surface area contributed by atoms with E-state index >= 15 is 0 Å². The predicted octanol–water partition coefficient (Wildman–Crippen LogP) is 4.18. The Morgan fingerprint density at radius 2 is 1.61 bits per heavy atom. The number of nitrogens with zero attached hydrogens (tertiary/aromatic N) is 2. The highest BCUT2D eigenvalue weighted by Crippen LogP contribution is 2.27. The highest BCUT2D eigenvalue weighted by atomic mass is 16.3. The summed E-state index contributed by atoms with van der Waals surface area (Å²) < 4.78 is 0. The van der Waals surface area contributed by atoms with Gasteiger partial charge in [0.1, 0.15) is 0 Å². The Hall–Kier alpha value is -3.57. The van der Waals surface area contributed by atoms with Crippen molar-refractivity contribution >= 4 is 22.9 Å². The first kappa shape index (κ1) is 17.8. The molecule has 28 heavy (non-hydrogen) atoms. The smallest absolute Gasteiger partial charge is 0.150 e. The highest BCUT2D eigenvalue weighted by molar-refractivity contribution is 5.97. The third-order valence-electron chi connectivity index (χ3n) is 4.61. The van der Waals surface area contributed by atoms with Gasteiger partial charge in [-0.05, 0) is 35.4 Å². The van der Waals surface area contributed by atoms with E-state index < -0.39 is 0 Å². The normalized spacial score (nSPS) is 10.8. The maximum atomic E-state index is 11.5. The van der Waals surface area contributed by atoms with Crippen LogP contribution in [-0.2, 0) is 0 Å². The summed E-state index contributed by atoms with van der Waals surface area (Å²) in [4.78, 5) is 20.2. The minimum Gasteiger partial charge on any atom is -0.395 e. The summed E-state index contributed by atoms with van der Waals surface area (Å²) in [5, 5.41) is 12.8. The zero-order valence-electron chi connectivity index (χ0n) is 15.2. The highest BCUT2D eigenvalue weighted by Gasteiger charge is 2.08. The van der Waals surface area contributed by atoms with Crippen LogP contribution in [0, 0.1) is 0 Å². The van der Waals surface area contributed by atoms with E-state index in [0.717, 1.165) is 45.3 Å². The quantitative estimate of drug-likeness (QED) is 0.499. The lowest BCUT2D eigenvalue weighted by atomic mass is 10.0. The monoisotopic (exact) mass is 369 g/mol. The first-order valence-corrected chi connectivity index (χ1v) is 9.04. The van der Waals surface area contributed by atoms with Crippen LogP contribution >= 0.6 is 0 Å². The van der Waals surface area contributed by atoms with E-state index in [1.54, 1.807) is 18.5 Å². The van der Waals surface area contributed by atoms with Crippen LogP contribution in [0.5, 0.6) is 0 Å². The fourth-order valence-corrected chi connectivity index (χ4v) is 3.15. The van der Waals surface area contributed by atoms with Gasteiger partial charge >= 0.3 is 0 Å². The molecule has 0 fully saturated rings. The van der Waals surface area contributed by atoms with Gasteiger partial charge in [-0.25, -0.2) is 4.98 Å². The SMILES string of the molecule is O=Cc1cc(-c2ccc(-c3ccc(NCCO)cc3)cc2)nc2ccncc12. The number of aliphatic hydroxyl groups excluding tert-OH is 1. The van der Waals surface area contributed by atoms with Gasteiger partial charge in [0.05, 0.1) is 17.8 Å². The van der Waals surface area contributed by atoms with Crippen molar-refractivity contribution in [2.45, 2.75) is 0 Å². The minimum atomic E-state index is 0.106. The number of aromatic nitrogens is 2. The van der Waals surface area contributed by atoms with Crippen LogP contribution in [0.3, 0.4) is 0 Å². The molecule has 0 aliphatic carbocycles. The van der Waals surface area contributed by atoms with E-state index in [2.05, 4.69) is 15.3 Å². The van der Waals surface area contributed by atoms with Gasteiger partial charge in [0.15, 0.2) is 6.29 Å². The molecule has 0 radical (unpaired) electrons. The summed E-state index contributed by atoms with van der Waals surface area (Å²) in [5.41, 5.74) is 6.23. The number of aliphatic hydroxyl groups is 1. The molecule has 0 spiro atoms. The van der Waals surface area contributed by atoms with Crippen molar-refractivity contribution in [3.05, 3.63) is 78.6 Å². The molecule has 4 rings (SSSR count). The van der Waals surface area contributed by atoms with E-state index in [0.29, 0.717) is 12.1 Å². The van der Waals surface area contributed by atoms with Gasteiger partial charge in [-0.15, -0.1) is 0 Å². The second kappa shape index (κ2) is 7.98. The molecule has 2 N–H and O–H groups in total. The first-order valence-electron chi connectivity index (χ1n) is 9.04. The molecule has 0 unspecified atom stereocenters. The summed E-state index contributed by atoms with van der Waals surface area (Å²) in [6.45, 7) is 0.639. The van der Waals surface area contributed by atoms with Crippen molar-refractivity contribution in [3.63, 3.8) is 0 Å². The molecule has 138 valence electrons. The van der Waals surface area contributed by atoms with Crippen molar-refractivity contribution in [3.8, 4) is 22.4 Å². The van der Waals surface area contributed by atoms with Crippen molar-refractivity contribution in [1.29, 1.82) is 0 Å². The zero-order chi connectivity index (χ0) is 19.3. The lowest BCUT2D eigenvalue weighted by Crippen LogP contribution is -2.04. The second-order valence-corrected chi connectivity index (χ2v) is 6.41. The first-order chi connectivity index (χ1) is 13.8. The number of carbonyl (C=O) groups is 1. The number of rotatable bonds is 6. The molecule has 0 aliphatic heterocycles. The molecule has 0 aliphatic rings. The molecular weight excluding hydrogens is 350 g/mol. The number of pyridine rings is 2. The molecule has 2 aromatic carbocycles. The molecule has 0 atom stereocenters. The average molecular weight is 369 g/mol. The number of aldehydes is 1. The summed E-state index contributed by atoms with van der Waals surface area (Å²) in [6.07, 6.45) is 4.18. The number of carbonyl (C=O) groups excluding carboxylic acids is 1. The summed E-state index contributed by atoms with van der Waals surface area (Å²) in [5.74, 6) is 0. The van der Waals surface area contributed by atoms with E-state index in [-0.39, 0.29) is 6.61 Å². The Morgan fingerprint density at radius 1 is 0.929 bits per heavy atom. The van der Waals surface area contributed by atoms with Gasteiger partial charge < -0.3 is 10.4 Å². The number of hydrogen-bond acceptors (Lipinski definition) is 5. The van der Waals surface area contributed by atoms with Crippen molar-refractivity contribution < 1.29 is 9.90 Å². The Balaban J connectivity index is 1.63. The molecule has 0 amide bonds. The fourth-order valence-electron chi connectivity index (χ4n) is 3.15. The third-order valence-corrected chi connectivity index (χ3v) is 4.61. The van der Waals surface area contributed by atoms with Crippen LogP contribution < -0.4 is 5.32 Å². The van der Waals surface area contributed by atoms with Crippen LogP contribution in [-0.4, -0.2) is 34.5 Å². The van der Waals surface area contributed by atoms with Crippen LogP contribution in [0.15, 0.2) is 73.1 Å². The molecule has 0 saturated carbocycles. The van der Waals surface area contributed by atoms with Gasteiger partial charge in [0, 0.05) is 41.1 Å². The molecule has 2 heterocycles. The van der Waals surface area contributed by atoms with Crippen molar-refractivity contribution in [2.24, 2.45) is 0 Å². The van der Waals surface area contributed by atoms with Gasteiger partial charge in [-0.3, -0.25) is 9.78 Å². The van der Waals surface area contributed by atoms with Crippen LogP contribution in [0.2, 0.25) is 0 Å². The zero-order valence-corrected chi connectivity index (χ0v) is 15.2. The summed E-state index contributed by atoms with van der Waals surface area (Å²) in [7, 11) is 0. The summed E-state index contributed by atoms with van der Waals surface area (Å²) >= 11 is 0. The van der Waals surface area contributed by atoms with Crippen molar-refractivity contribution in [2.75, 3.05) is 18.5 Å². The summed E-state index contributed by atoms with van der Waals surface area (Å²) in [6, 6.07) is 19.8. The lowest BCUT2D eigenvalue weighted by molar-refractivity contribution is 0.112. The Morgan fingerprint density at radius 3 is 2.29 bits per heavy atom. The minimum absolute atomic E-state index is 0.106. The lowest BCUT2D eigenvalue weighted by Gasteiger charge is -2.08. The van der Waals surface area contributed by atoms with Gasteiger partial charge in [-0.2, -0.15) is 0 Å². The molecule has 5 nitrogen and oxygen atoms in total. The van der Waals surface area contributed by atoms with Gasteiger partial charge in [0.25, 0.3) is 0 Å². The number of anilines is 1. The van der Waals surface area contributed by atoms with Crippen LogP contribution in [0.4, 0.5) is 5.69 Å². The fraction of sp³-hybridized carbons (Fsp3) is 0.0870. The van der Waals surface area contributed by atoms with Gasteiger partial charge in [0.2, 0.25) is 0 Å². The van der Waals surface area contributed by atoms with E-state index in [9.17, 15) is 4.79 Å². The molecule has 5 heteroatoms. The standard InChI is InChI=1S/C23H19N3O2/c27-12-11-25-20-7-5-17(6-8-20)16-1-3-18(4-2-16)23-13-19(15-28)21-14-24-10-9-22(21)26-23/h1-10,13-15,25,27H,11-12H2. The molecule has 2 aromatic heterocycles. The largest absolute Gasteiger partial charge is 0.395 e. The topological polar surface area (TPSA) is 75.1 Å². The van der Waals surface area contributed by atoms with Crippen LogP contribution in [0.1, 0.15) is 10.4 Å². The van der Waals surface area contributed by atoms with Crippen LogP contribution in [0.25, 0.3) is 33.3 Å². The third kappa shape index (κ3) is 3.61. The maximum absolute atomic E-state index is 11.5. The van der Waals surface area contributed by atoms with Crippen molar-refractivity contribution in [1.82, 2.24) is 9.97 Å². The number of hydrogen-bond donors (Lipinski definition) is 2. The Bertz CT molecular complexity index is 1110. The van der Waals surface area contributed by atoms with E-state index in [1.807, 2.05) is 54.6 Å². The predicted molar refractivity (Wildman–Crippen MR) is 111 cm³/mol. The molecular formula is C23H19N3O2. The Kier molecular flexibility index (Phi) is 5.08. The second-order valence-electron chi connectivity index (χ2n) is 6.41. The van der Waals surface area contributed by atoms with E-state index in [1.165, 1.54) is 0 Å². The van der Waals surface area contributed by atoms with Gasteiger partial charge in [-0.1, -0.05) is 36.4 Å². The number of benzene rings is 2. The number of fused-ring (bicyclic) bond motifs is 1. The Labute approximate surface area is 162 Å². The molecule has 0 saturated heterocycles. The number of nitrogens with one attached hydrogen (secondary N) is 1.